The molecule has 0 aliphatic heterocycles. The van der Waals surface area contributed by atoms with Crippen LogP contribution < -0.4 is 0 Å². The Morgan fingerprint density at radius 3 is 2.24 bits per heavy atom. The van der Waals surface area contributed by atoms with Crippen molar-refractivity contribution in [2.24, 2.45) is 5.92 Å². The fraction of sp³-hybridized carbons (Fsp3) is 0.846. The molecular weight excluding hydrogens is 220 g/mol. The Bertz CT molecular complexity index is 223. The largest absolute Gasteiger partial charge is 0.466 e. The summed E-state index contributed by atoms with van der Waals surface area (Å²) in [4.78, 5) is 22.1. The van der Waals surface area contributed by atoms with E-state index >= 15 is 0 Å². The van der Waals surface area contributed by atoms with Crippen LogP contribution in [-0.2, 0) is 19.1 Å². The van der Waals surface area contributed by atoms with Gasteiger partial charge in [-0.2, -0.15) is 0 Å². The molecule has 0 amide bonds. The van der Waals surface area contributed by atoms with Crippen molar-refractivity contribution in [1.82, 2.24) is 0 Å². The third-order valence-electron chi connectivity index (χ3n) is 2.28. The van der Waals surface area contributed by atoms with Gasteiger partial charge in [-0.1, -0.05) is 33.1 Å². The molecule has 17 heavy (non-hydrogen) atoms. The molecule has 0 atom stereocenters. The van der Waals surface area contributed by atoms with E-state index < -0.39 is 11.9 Å². The molecule has 0 saturated heterocycles. The van der Waals surface area contributed by atoms with Crippen molar-refractivity contribution in [1.29, 1.82) is 0 Å². The molecule has 100 valence electrons. The van der Waals surface area contributed by atoms with E-state index in [0.717, 1.165) is 25.2 Å². The SMILES string of the molecule is CCOC(=O)CC(=O)OCCCCCC(C)C. The van der Waals surface area contributed by atoms with E-state index in [0.29, 0.717) is 13.2 Å². The lowest BCUT2D eigenvalue weighted by Crippen LogP contribution is -2.14. The summed E-state index contributed by atoms with van der Waals surface area (Å²) in [6, 6.07) is 0. The van der Waals surface area contributed by atoms with Crippen molar-refractivity contribution >= 4 is 11.9 Å². The van der Waals surface area contributed by atoms with E-state index in [1.165, 1.54) is 6.42 Å². The van der Waals surface area contributed by atoms with E-state index in [-0.39, 0.29) is 6.42 Å². The summed E-state index contributed by atoms with van der Waals surface area (Å²) in [5.74, 6) is -0.286. The van der Waals surface area contributed by atoms with Crippen molar-refractivity contribution < 1.29 is 19.1 Å². The van der Waals surface area contributed by atoms with Gasteiger partial charge < -0.3 is 9.47 Å². The van der Waals surface area contributed by atoms with Crippen LogP contribution >= 0.6 is 0 Å². The summed E-state index contributed by atoms with van der Waals surface area (Å²) < 4.78 is 9.57. The third-order valence-corrected chi connectivity index (χ3v) is 2.28. The van der Waals surface area contributed by atoms with Crippen LogP contribution in [0.1, 0.15) is 52.9 Å². The Kier molecular flexibility index (Phi) is 9.49. The van der Waals surface area contributed by atoms with Crippen molar-refractivity contribution in [3.63, 3.8) is 0 Å². The van der Waals surface area contributed by atoms with Gasteiger partial charge in [0.1, 0.15) is 6.42 Å². The van der Waals surface area contributed by atoms with Crippen LogP contribution in [0.25, 0.3) is 0 Å². The van der Waals surface area contributed by atoms with Crippen LogP contribution in [0.3, 0.4) is 0 Å². The zero-order valence-corrected chi connectivity index (χ0v) is 11.2. The molecule has 0 saturated carbocycles. The lowest BCUT2D eigenvalue weighted by molar-refractivity contribution is -0.154. The number of esters is 2. The number of hydrogen-bond acceptors (Lipinski definition) is 4. The van der Waals surface area contributed by atoms with Gasteiger partial charge in [0.25, 0.3) is 0 Å². The predicted octanol–water partition coefficient (Wildman–Crippen LogP) is 2.70. The molecule has 0 aromatic heterocycles. The molecule has 0 bridgehead atoms. The highest BCUT2D eigenvalue weighted by atomic mass is 16.6. The second-order valence-electron chi connectivity index (χ2n) is 4.45. The summed E-state index contributed by atoms with van der Waals surface area (Å²) >= 11 is 0. The Morgan fingerprint density at radius 2 is 1.65 bits per heavy atom. The maximum absolute atomic E-state index is 11.1. The molecule has 4 nitrogen and oxygen atoms in total. The van der Waals surface area contributed by atoms with Crippen molar-refractivity contribution in [2.45, 2.75) is 52.9 Å². The monoisotopic (exact) mass is 244 g/mol. The second-order valence-corrected chi connectivity index (χ2v) is 4.45. The smallest absolute Gasteiger partial charge is 0.317 e. The van der Waals surface area contributed by atoms with E-state index in [4.69, 9.17) is 4.74 Å². The first-order valence-corrected chi connectivity index (χ1v) is 6.37. The van der Waals surface area contributed by atoms with Gasteiger partial charge in [0.05, 0.1) is 13.2 Å². The lowest BCUT2D eigenvalue weighted by Gasteiger charge is -2.06. The highest BCUT2D eigenvalue weighted by Gasteiger charge is 2.10. The van der Waals surface area contributed by atoms with Crippen molar-refractivity contribution in [3.05, 3.63) is 0 Å². The third kappa shape index (κ3) is 11.2. The van der Waals surface area contributed by atoms with Gasteiger partial charge in [-0.15, -0.1) is 0 Å². The minimum atomic E-state index is -0.516. The lowest BCUT2D eigenvalue weighted by atomic mass is 10.1. The van der Waals surface area contributed by atoms with Gasteiger partial charge in [0.15, 0.2) is 0 Å². The molecule has 0 aromatic rings. The van der Waals surface area contributed by atoms with Gasteiger partial charge in [0, 0.05) is 0 Å². The quantitative estimate of drug-likeness (QED) is 0.355. The Balaban J connectivity index is 3.36. The normalized spacial score (nSPS) is 10.4. The zero-order valence-electron chi connectivity index (χ0n) is 11.2. The molecule has 0 rings (SSSR count). The van der Waals surface area contributed by atoms with Crippen molar-refractivity contribution in [2.75, 3.05) is 13.2 Å². The average Bonchev–Trinajstić information content (AvgIpc) is 2.23. The first-order chi connectivity index (χ1) is 8.06. The molecule has 0 aromatic carbocycles. The highest BCUT2D eigenvalue weighted by Crippen LogP contribution is 2.08. The zero-order chi connectivity index (χ0) is 13.1. The van der Waals surface area contributed by atoms with E-state index in [9.17, 15) is 9.59 Å². The number of carbonyl (C=O) groups is 2. The number of rotatable bonds is 9. The topological polar surface area (TPSA) is 52.6 Å². The molecule has 0 aliphatic rings. The number of ether oxygens (including phenoxy) is 2. The summed E-state index contributed by atoms with van der Waals surface area (Å²) in [6.45, 7) is 6.79. The molecule has 0 fully saturated rings. The van der Waals surface area contributed by atoms with Gasteiger partial charge in [0.2, 0.25) is 0 Å². The van der Waals surface area contributed by atoms with Gasteiger partial charge in [-0.25, -0.2) is 0 Å². The maximum Gasteiger partial charge on any atom is 0.317 e. The number of carbonyl (C=O) groups excluding carboxylic acids is 2. The fourth-order valence-corrected chi connectivity index (χ4v) is 1.40. The first-order valence-electron chi connectivity index (χ1n) is 6.37. The summed E-state index contributed by atoms with van der Waals surface area (Å²) in [6.07, 6.45) is 4.01. The first kappa shape index (κ1) is 15.9. The number of hydrogen-bond donors (Lipinski definition) is 0. The Labute approximate surface area is 104 Å². The van der Waals surface area contributed by atoms with Gasteiger partial charge in [-0.3, -0.25) is 9.59 Å². The van der Waals surface area contributed by atoms with Gasteiger partial charge >= 0.3 is 11.9 Å². The Hall–Kier alpha value is -1.06. The molecule has 4 heteroatoms. The molecule has 0 heterocycles. The van der Waals surface area contributed by atoms with Crippen LogP contribution in [0.5, 0.6) is 0 Å². The van der Waals surface area contributed by atoms with Crippen LogP contribution in [0.2, 0.25) is 0 Å². The molecule has 0 aliphatic carbocycles. The number of unbranched alkanes of at least 4 members (excludes halogenated alkanes) is 2. The summed E-state index contributed by atoms with van der Waals surface area (Å²) in [5.41, 5.74) is 0. The van der Waals surface area contributed by atoms with Crippen LogP contribution in [-0.4, -0.2) is 25.2 Å². The van der Waals surface area contributed by atoms with E-state index in [2.05, 4.69) is 18.6 Å². The predicted molar refractivity (Wildman–Crippen MR) is 65.5 cm³/mol. The molecule has 0 radical (unpaired) electrons. The van der Waals surface area contributed by atoms with Gasteiger partial charge in [-0.05, 0) is 19.3 Å². The van der Waals surface area contributed by atoms with E-state index in [1.54, 1.807) is 6.92 Å². The maximum atomic E-state index is 11.1. The minimum Gasteiger partial charge on any atom is -0.466 e. The Morgan fingerprint density at radius 1 is 1.00 bits per heavy atom. The van der Waals surface area contributed by atoms with Crippen molar-refractivity contribution in [3.8, 4) is 0 Å². The molecular formula is C13H24O4. The fourth-order valence-electron chi connectivity index (χ4n) is 1.40. The molecule has 0 spiro atoms. The van der Waals surface area contributed by atoms with Crippen LogP contribution in [0, 0.1) is 5.92 Å². The van der Waals surface area contributed by atoms with E-state index in [1.807, 2.05) is 0 Å². The highest BCUT2D eigenvalue weighted by molar-refractivity contribution is 5.91. The summed E-state index contributed by atoms with van der Waals surface area (Å²) in [7, 11) is 0. The molecule has 0 N–H and O–H groups in total. The standard InChI is InChI=1S/C13H24O4/c1-4-16-12(14)10-13(15)17-9-7-5-6-8-11(2)3/h11H,4-10H2,1-3H3. The average molecular weight is 244 g/mol. The molecule has 0 unspecified atom stereocenters. The van der Waals surface area contributed by atoms with Crippen LogP contribution in [0.15, 0.2) is 0 Å². The second kappa shape index (κ2) is 10.1. The van der Waals surface area contributed by atoms with Crippen LogP contribution in [0.4, 0.5) is 0 Å². The summed E-state index contributed by atoms with van der Waals surface area (Å²) in [5, 5.41) is 0. The minimum absolute atomic E-state index is 0.278.